The lowest BCUT2D eigenvalue weighted by molar-refractivity contribution is 0.0341. The van der Waals surface area contributed by atoms with E-state index in [-0.39, 0.29) is 5.75 Å². The first kappa shape index (κ1) is 22.0. The average molecular weight is 436 g/mol. The third-order valence-electron chi connectivity index (χ3n) is 5.29. The average Bonchev–Trinajstić information content (AvgIpc) is 2.81. The van der Waals surface area contributed by atoms with Crippen LogP contribution in [0.2, 0.25) is 0 Å². The van der Waals surface area contributed by atoms with Gasteiger partial charge in [-0.05, 0) is 35.7 Å². The van der Waals surface area contributed by atoms with Gasteiger partial charge >= 0.3 is 6.01 Å². The van der Waals surface area contributed by atoms with Crippen LogP contribution < -0.4 is 10.1 Å². The Bertz CT molecular complexity index is 1010. The van der Waals surface area contributed by atoms with Crippen LogP contribution in [-0.2, 0) is 24.2 Å². The van der Waals surface area contributed by atoms with Crippen molar-refractivity contribution < 1.29 is 14.6 Å². The van der Waals surface area contributed by atoms with E-state index in [2.05, 4.69) is 49.4 Å². The minimum absolute atomic E-state index is 0.234. The lowest BCUT2D eigenvalue weighted by Crippen LogP contribution is -2.35. The molecule has 32 heavy (non-hydrogen) atoms. The lowest BCUT2D eigenvalue weighted by Gasteiger charge is -2.27. The minimum atomic E-state index is 0.234. The molecular weight excluding hydrogens is 406 g/mol. The maximum absolute atomic E-state index is 9.50. The molecule has 0 unspecified atom stereocenters. The van der Waals surface area contributed by atoms with E-state index in [1.165, 1.54) is 11.1 Å². The number of morpholine rings is 1. The molecule has 2 N–H and O–H groups in total. The van der Waals surface area contributed by atoms with Crippen LogP contribution >= 0.6 is 0 Å². The van der Waals surface area contributed by atoms with Gasteiger partial charge in [0.15, 0.2) is 0 Å². The van der Waals surface area contributed by atoms with Crippen molar-refractivity contribution in [3.8, 4) is 11.8 Å². The predicted molar refractivity (Wildman–Crippen MR) is 122 cm³/mol. The number of nitrogens with zero attached hydrogens (tertiary/aromatic N) is 4. The van der Waals surface area contributed by atoms with E-state index in [1.807, 2.05) is 19.1 Å². The second-order valence-electron chi connectivity index (χ2n) is 7.64. The summed E-state index contributed by atoms with van der Waals surface area (Å²) in [6.07, 6.45) is 0.519. The Hall–Kier alpha value is -3.23. The first-order valence-corrected chi connectivity index (χ1v) is 11.0. The maximum Gasteiger partial charge on any atom is 0.321 e. The fourth-order valence-corrected chi connectivity index (χ4v) is 3.61. The van der Waals surface area contributed by atoms with Gasteiger partial charge in [-0.1, -0.05) is 36.4 Å². The largest absolute Gasteiger partial charge is 0.508 e. The van der Waals surface area contributed by atoms with Gasteiger partial charge in [-0.3, -0.25) is 4.90 Å². The highest BCUT2D eigenvalue weighted by molar-refractivity contribution is 5.34. The van der Waals surface area contributed by atoms with Gasteiger partial charge in [-0.25, -0.2) is 0 Å². The standard InChI is InChI=1S/C24H29N5O3/c1-2-32-24-27-22(15-18-7-9-21(30)10-8-18)26-23(28-24)25-16-19-5-3-4-6-20(19)17-29-11-13-31-14-12-29/h3-10,30H,2,11-17H2,1H3,(H,25,26,27,28). The quantitative estimate of drug-likeness (QED) is 0.530. The van der Waals surface area contributed by atoms with Crippen LogP contribution in [0, 0.1) is 0 Å². The Kier molecular flexibility index (Phi) is 7.47. The normalized spacial score (nSPS) is 14.3. The van der Waals surface area contributed by atoms with Crippen molar-refractivity contribution in [1.29, 1.82) is 0 Å². The number of rotatable bonds is 9. The predicted octanol–water partition coefficient (Wildman–Crippen LogP) is 3.01. The zero-order valence-corrected chi connectivity index (χ0v) is 18.3. The molecule has 168 valence electrons. The van der Waals surface area contributed by atoms with Crippen LogP contribution in [0.3, 0.4) is 0 Å². The molecule has 8 heteroatoms. The highest BCUT2D eigenvalue weighted by Gasteiger charge is 2.13. The number of benzene rings is 2. The van der Waals surface area contributed by atoms with Gasteiger partial charge in [0, 0.05) is 32.6 Å². The number of nitrogens with one attached hydrogen (secondary N) is 1. The zero-order valence-electron chi connectivity index (χ0n) is 18.3. The van der Waals surface area contributed by atoms with E-state index in [0.717, 1.165) is 38.4 Å². The molecule has 4 rings (SSSR count). The van der Waals surface area contributed by atoms with E-state index < -0.39 is 0 Å². The summed E-state index contributed by atoms with van der Waals surface area (Å²) < 4.78 is 11.0. The van der Waals surface area contributed by atoms with Crippen LogP contribution in [0.4, 0.5) is 5.95 Å². The third-order valence-corrected chi connectivity index (χ3v) is 5.29. The fourth-order valence-electron chi connectivity index (χ4n) is 3.61. The summed E-state index contributed by atoms with van der Waals surface area (Å²) in [4.78, 5) is 15.8. The molecule has 1 saturated heterocycles. The molecule has 2 aromatic carbocycles. The SMILES string of the molecule is CCOc1nc(Cc2ccc(O)cc2)nc(NCc2ccccc2CN2CCOCC2)n1. The van der Waals surface area contributed by atoms with Crippen molar-refractivity contribution in [3.63, 3.8) is 0 Å². The van der Waals surface area contributed by atoms with E-state index in [9.17, 15) is 5.11 Å². The third kappa shape index (κ3) is 6.15. The summed E-state index contributed by atoms with van der Waals surface area (Å²) in [7, 11) is 0. The molecule has 0 spiro atoms. The van der Waals surface area contributed by atoms with Gasteiger partial charge in [0.05, 0.1) is 19.8 Å². The summed E-state index contributed by atoms with van der Waals surface area (Å²) in [6, 6.07) is 15.8. The number of aromatic hydroxyl groups is 1. The number of ether oxygens (including phenoxy) is 2. The summed E-state index contributed by atoms with van der Waals surface area (Å²) in [5, 5.41) is 12.9. The summed E-state index contributed by atoms with van der Waals surface area (Å²) in [5.74, 6) is 1.33. The van der Waals surface area contributed by atoms with Gasteiger partial charge in [-0.15, -0.1) is 0 Å². The van der Waals surface area contributed by atoms with E-state index in [0.29, 0.717) is 37.4 Å². The van der Waals surface area contributed by atoms with Crippen LogP contribution in [0.25, 0.3) is 0 Å². The Morgan fingerprint density at radius 3 is 2.50 bits per heavy atom. The number of hydrogen-bond acceptors (Lipinski definition) is 8. The van der Waals surface area contributed by atoms with Crippen LogP contribution in [-0.4, -0.2) is 57.9 Å². The van der Waals surface area contributed by atoms with Gasteiger partial charge < -0.3 is 19.9 Å². The van der Waals surface area contributed by atoms with Crippen molar-refractivity contribution in [2.75, 3.05) is 38.2 Å². The maximum atomic E-state index is 9.50. The molecule has 3 aromatic rings. The number of phenolic OH excluding ortho intramolecular Hbond substituents is 1. The lowest BCUT2D eigenvalue weighted by atomic mass is 10.1. The Balaban J connectivity index is 1.47. The number of anilines is 1. The van der Waals surface area contributed by atoms with Crippen molar-refractivity contribution in [2.24, 2.45) is 0 Å². The molecule has 0 radical (unpaired) electrons. The Morgan fingerprint density at radius 1 is 1.00 bits per heavy atom. The van der Waals surface area contributed by atoms with Crippen molar-refractivity contribution in [3.05, 3.63) is 71.0 Å². The first-order valence-electron chi connectivity index (χ1n) is 11.0. The van der Waals surface area contributed by atoms with E-state index in [4.69, 9.17) is 9.47 Å². The van der Waals surface area contributed by atoms with E-state index >= 15 is 0 Å². The molecule has 1 aliphatic heterocycles. The molecular formula is C24H29N5O3. The van der Waals surface area contributed by atoms with E-state index in [1.54, 1.807) is 12.1 Å². The number of hydrogen-bond donors (Lipinski definition) is 2. The summed E-state index contributed by atoms with van der Waals surface area (Å²) in [6.45, 7) is 7.36. The van der Waals surface area contributed by atoms with Crippen LogP contribution in [0.15, 0.2) is 48.5 Å². The molecule has 0 aliphatic carbocycles. The molecule has 1 aromatic heterocycles. The summed E-state index contributed by atoms with van der Waals surface area (Å²) >= 11 is 0. The molecule has 2 heterocycles. The Labute approximate surface area is 188 Å². The second kappa shape index (κ2) is 10.9. The topological polar surface area (TPSA) is 92.6 Å². The zero-order chi connectivity index (χ0) is 22.2. The number of phenols is 1. The van der Waals surface area contributed by atoms with Crippen molar-refractivity contribution in [1.82, 2.24) is 19.9 Å². The highest BCUT2D eigenvalue weighted by Crippen LogP contribution is 2.17. The smallest absolute Gasteiger partial charge is 0.321 e. The Morgan fingerprint density at radius 2 is 1.75 bits per heavy atom. The van der Waals surface area contributed by atoms with Gasteiger partial charge in [-0.2, -0.15) is 15.0 Å². The van der Waals surface area contributed by atoms with Gasteiger partial charge in [0.25, 0.3) is 0 Å². The highest BCUT2D eigenvalue weighted by atomic mass is 16.5. The van der Waals surface area contributed by atoms with Crippen LogP contribution in [0.5, 0.6) is 11.8 Å². The van der Waals surface area contributed by atoms with Crippen molar-refractivity contribution >= 4 is 5.95 Å². The molecule has 1 fully saturated rings. The fraction of sp³-hybridized carbons (Fsp3) is 0.375. The monoisotopic (exact) mass is 435 g/mol. The molecule has 1 aliphatic rings. The molecule has 0 saturated carbocycles. The minimum Gasteiger partial charge on any atom is -0.508 e. The number of aromatic nitrogens is 3. The van der Waals surface area contributed by atoms with Crippen molar-refractivity contribution in [2.45, 2.75) is 26.4 Å². The molecule has 0 atom stereocenters. The summed E-state index contributed by atoms with van der Waals surface area (Å²) in [5.41, 5.74) is 3.49. The molecule has 8 nitrogen and oxygen atoms in total. The second-order valence-corrected chi connectivity index (χ2v) is 7.64. The van der Waals surface area contributed by atoms with Gasteiger partial charge in [0.2, 0.25) is 5.95 Å². The van der Waals surface area contributed by atoms with Gasteiger partial charge in [0.1, 0.15) is 11.6 Å². The molecule has 0 amide bonds. The first-order chi connectivity index (χ1) is 15.7. The molecule has 0 bridgehead atoms. The van der Waals surface area contributed by atoms with Crippen LogP contribution in [0.1, 0.15) is 29.4 Å².